The highest BCUT2D eigenvalue weighted by Gasteiger charge is 2.50. The first-order valence-electron chi connectivity index (χ1n) is 11.8. The van der Waals surface area contributed by atoms with E-state index < -0.39 is 5.54 Å². The summed E-state index contributed by atoms with van der Waals surface area (Å²) in [6, 6.07) is 10.8. The van der Waals surface area contributed by atoms with Crippen LogP contribution in [0.4, 0.5) is 0 Å². The number of aromatic amines is 1. The number of ether oxygens (including phenoxy) is 1. The maximum atomic E-state index is 13.4. The summed E-state index contributed by atoms with van der Waals surface area (Å²) in [6.45, 7) is 2.43. The number of amides is 2. The zero-order valence-electron chi connectivity index (χ0n) is 19.9. The summed E-state index contributed by atoms with van der Waals surface area (Å²) < 4.78 is 11.5. The summed E-state index contributed by atoms with van der Waals surface area (Å²) in [5.74, 6) is 1.15. The van der Waals surface area contributed by atoms with Gasteiger partial charge in [-0.3, -0.25) is 14.7 Å². The van der Waals surface area contributed by atoms with Crippen LogP contribution < -0.4 is 10.1 Å². The molecule has 6 rings (SSSR count). The van der Waals surface area contributed by atoms with Gasteiger partial charge in [0.15, 0.2) is 5.58 Å². The molecule has 0 radical (unpaired) electrons. The van der Waals surface area contributed by atoms with Gasteiger partial charge in [-0.15, -0.1) is 0 Å². The Hall–Kier alpha value is -4.47. The first-order chi connectivity index (χ1) is 17.5. The second-order valence-corrected chi connectivity index (χ2v) is 8.90. The van der Waals surface area contributed by atoms with Crippen LogP contribution in [0.5, 0.6) is 5.75 Å². The van der Waals surface area contributed by atoms with Crippen molar-refractivity contribution in [2.45, 2.75) is 25.3 Å². The van der Waals surface area contributed by atoms with Crippen molar-refractivity contribution >= 4 is 28.7 Å². The number of hydrogen-bond donors (Lipinski definition) is 2. The van der Waals surface area contributed by atoms with Gasteiger partial charge in [0.25, 0.3) is 11.8 Å². The number of pyridine rings is 1. The van der Waals surface area contributed by atoms with Crippen molar-refractivity contribution in [2.24, 2.45) is 4.99 Å². The normalized spacial score (nSPS) is 19.4. The van der Waals surface area contributed by atoms with Crippen LogP contribution in [-0.2, 0) is 16.8 Å². The molecule has 182 valence electrons. The van der Waals surface area contributed by atoms with E-state index in [1.54, 1.807) is 42.6 Å². The Kier molecular flexibility index (Phi) is 5.10. The topological polar surface area (TPSA) is 126 Å². The van der Waals surface area contributed by atoms with E-state index in [1.807, 2.05) is 25.1 Å². The Balaban J connectivity index is 1.40. The predicted molar refractivity (Wildman–Crippen MR) is 132 cm³/mol. The number of amidine groups is 1. The van der Waals surface area contributed by atoms with Gasteiger partial charge in [-0.25, -0.2) is 9.98 Å². The zero-order chi connectivity index (χ0) is 24.9. The third kappa shape index (κ3) is 3.44. The molecule has 0 saturated carbocycles. The van der Waals surface area contributed by atoms with Crippen LogP contribution in [0.25, 0.3) is 22.4 Å². The molecule has 0 saturated heterocycles. The molecule has 10 heteroatoms. The van der Waals surface area contributed by atoms with Gasteiger partial charge in [0.05, 0.1) is 25.5 Å². The number of carbonyl (C=O) groups is 2. The number of furan rings is 1. The average molecular weight is 485 g/mol. The highest BCUT2D eigenvalue weighted by Crippen LogP contribution is 2.37. The van der Waals surface area contributed by atoms with Gasteiger partial charge in [0.1, 0.15) is 22.9 Å². The summed E-state index contributed by atoms with van der Waals surface area (Å²) in [4.78, 5) is 38.0. The van der Waals surface area contributed by atoms with Crippen molar-refractivity contribution in [2.75, 3.05) is 20.2 Å². The minimum absolute atomic E-state index is 0.0566. The zero-order valence-corrected chi connectivity index (χ0v) is 19.9. The van der Waals surface area contributed by atoms with Crippen LogP contribution in [0.1, 0.15) is 35.0 Å². The lowest BCUT2D eigenvalue weighted by Crippen LogP contribution is -2.50. The van der Waals surface area contributed by atoms with E-state index in [1.165, 1.54) is 0 Å². The summed E-state index contributed by atoms with van der Waals surface area (Å²) in [6.07, 6.45) is 4.64. The molecule has 0 fully saturated rings. The lowest BCUT2D eigenvalue weighted by molar-refractivity contribution is -0.125. The third-order valence-corrected chi connectivity index (χ3v) is 6.77. The summed E-state index contributed by atoms with van der Waals surface area (Å²) in [5.41, 5.74) is 2.83. The Morgan fingerprint density at radius 2 is 2.08 bits per heavy atom. The Labute approximate surface area is 206 Å². The average Bonchev–Trinajstić information content (AvgIpc) is 3.64. The third-order valence-electron chi connectivity index (χ3n) is 6.77. The van der Waals surface area contributed by atoms with E-state index in [2.05, 4.69) is 20.5 Å². The van der Waals surface area contributed by atoms with Gasteiger partial charge in [0.2, 0.25) is 5.54 Å². The Morgan fingerprint density at radius 3 is 2.83 bits per heavy atom. The van der Waals surface area contributed by atoms with Gasteiger partial charge in [-0.2, -0.15) is 5.10 Å². The number of aliphatic imine (C=N–C) groups is 1. The molecule has 5 heterocycles. The van der Waals surface area contributed by atoms with Crippen LogP contribution in [0, 0.1) is 0 Å². The lowest BCUT2D eigenvalue weighted by atomic mass is 9.92. The minimum Gasteiger partial charge on any atom is -0.497 e. The van der Waals surface area contributed by atoms with E-state index in [9.17, 15) is 9.59 Å². The van der Waals surface area contributed by atoms with E-state index >= 15 is 0 Å². The molecule has 2 N–H and O–H groups in total. The lowest BCUT2D eigenvalue weighted by Gasteiger charge is -2.33. The molecular formula is C26H24N6O4. The molecule has 2 amide bonds. The molecule has 1 unspecified atom stereocenters. The number of nitrogens with zero attached hydrogens (tertiary/aromatic N) is 4. The number of H-pyrrole nitrogens is 1. The van der Waals surface area contributed by atoms with Crippen molar-refractivity contribution in [3.05, 3.63) is 65.7 Å². The smallest absolute Gasteiger partial charge is 0.263 e. The molecule has 36 heavy (non-hydrogen) atoms. The number of nitrogens with one attached hydrogen (secondary N) is 2. The predicted octanol–water partition coefficient (Wildman–Crippen LogP) is 3.06. The van der Waals surface area contributed by atoms with E-state index in [-0.39, 0.29) is 18.4 Å². The highest BCUT2D eigenvalue weighted by molar-refractivity contribution is 6.09. The standard InChI is InChI=1S/C26H24N6O4/c1-3-23-30-25(34)26(31-23,14-32-9-8-15-10-17(35-2)4-5-18(15)24(32)33)22-11-20-21(36-22)7-6-19(29-20)16-12-27-28-13-16/h4-7,10-13H,3,8-9,14H2,1-2H3,(H,27,28)(H,30,31,34). The number of hydrogen-bond acceptors (Lipinski definition) is 7. The van der Waals surface area contributed by atoms with Gasteiger partial charge in [-0.1, -0.05) is 6.92 Å². The Bertz CT molecular complexity index is 1520. The minimum atomic E-state index is -1.40. The molecule has 1 atom stereocenters. The van der Waals surface area contributed by atoms with Gasteiger partial charge in [0, 0.05) is 36.4 Å². The second-order valence-electron chi connectivity index (χ2n) is 8.90. The molecule has 1 aromatic carbocycles. The number of methoxy groups -OCH3 is 1. The molecule has 10 nitrogen and oxygen atoms in total. The van der Waals surface area contributed by atoms with Crippen molar-refractivity contribution in [3.63, 3.8) is 0 Å². The fraction of sp³-hybridized carbons (Fsp3) is 0.269. The molecule has 0 bridgehead atoms. The largest absolute Gasteiger partial charge is 0.497 e. The van der Waals surface area contributed by atoms with Crippen LogP contribution in [-0.4, -0.2) is 57.9 Å². The van der Waals surface area contributed by atoms with Crippen molar-refractivity contribution in [1.82, 2.24) is 25.4 Å². The van der Waals surface area contributed by atoms with Gasteiger partial charge >= 0.3 is 0 Å². The summed E-state index contributed by atoms with van der Waals surface area (Å²) in [7, 11) is 1.60. The number of fused-ring (bicyclic) bond motifs is 2. The number of rotatable bonds is 6. The Morgan fingerprint density at radius 1 is 1.19 bits per heavy atom. The molecule has 4 aromatic rings. The van der Waals surface area contributed by atoms with Crippen molar-refractivity contribution in [3.8, 4) is 17.0 Å². The number of benzene rings is 1. The van der Waals surface area contributed by atoms with Crippen molar-refractivity contribution < 1.29 is 18.7 Å². The SMILES string of the molecule is CCC1=NC(CN2CCc3cc(OC)ccc3C2=O)(c2cc3nc(-c4cn[nH]c4)ccc3o2)C(=O)N1. The fourth-order valence-electron chi connectivity index (χ4n) is 4.81. The van der Waals surface area contributed by atoms with Crippen LogP contribution in [0.2, 0.25) is 0 Å². The first-order valence-corrected chi connectivity index (χ1v) is 11.8. The summed E-state index contributed by atoms with van der Waals surface area (Å²) >= 11 is 0. The van der Waals surface area contributed by atoms with E-state index in [0.717, 1.165) is 16.8 Å². The monoisotopic (exact) mass is 484 g/mol. The molecule has 0 spiro atoms. The quantitative estimate of drug-likeness (QED) is 0.433. The summed E-state index contributed by atoms with van der Waals surface area (Å²) in [5, 5.41) is 9.64. The first kappa shape index (κ1) is 22.0. The highest BCUT2D eigenvalue weighted by atomic mass is 16.5. The second kappa shape index (κ2) is 8.33. The van der Waals surface area contributed by atoms with E-state index in [4.69, 9.17) is 14.1 Å². The fourth-order valence-corrected chi connectivity index (χ4v) is 4.81. The van der Waals surface area contributed by atoms with Gasteiger partial charge < -0.3 is 19.4 Å². The molecule has 2 aliphatic rings. The molecular weight excluding hydrogens is 460 g/mol. The van der Waals surface area contributed by atoms with E-state index in [0.29, 0.717) is 53.4 Å². The van der Waals surface area contributed by atoms with Crippen LogP contribution >= 0.6 is 0 Å². The number of aromatic nitrogens is 3. The van der Waals surface area contributed by atoms with Crippen LogP contribution in [0.15, 0.2) is 58.2 Å². The van der Waals surface area contributed by atoms with Crippen LogP contribution in [0.3, 0.4) is 0 Å². The maximum absolute atomic E-state index is 13.4. The number of carbonyl (C=O) groups excluding carboxylic acids is 2. The molecule has 2 aliphatic heterocycles. The maximum Gasteiger partial charge on any atom is 0.263 e. The van der Waals surface area contributed by atoms with Gasteiger partial charge in [-0.05, 0) is 42.3 Å². The molecule has 0 aliphatic carbocycles. The molecule has 3 aromatic heterocycles. The van der Waals surface area contributed by atoms with Crippen molar-refractivity contribution in [1.29, 1.82) is 0 Å².